The van der Waals surface area contributed by atoms with E-state index in [0.29, 0.717) is 10.5 Å². The molecule has 0 aromatic carbocycles. The summed E-state index contributed by atoms with van der Waals surface area (Å²) in [6.07, 6.45) is -0.791. The lowest BCUT2D eigenvalue weighted by Crippen LogP contribution is -2.71. The molecule has 1 aromatic rings. The number of amides is 3. The van der Waals surface area contributed by atoms with Gasteiger partial charge in [-0.25, -0.2) is 9.59 Å². The van der Waals surface area contributed by atoms with Crippen molar-refractivity contribution in [1.29, 1.82) is 0 Å². The van der Waals surface area contributed by atoms with E-state index < -0.39 is 52.9 Å². The molecule has 11 nitrogen and oxygen atoms in total. The Balaban J connectivity index is 1.74. The Kier molecular flexibility index (Phi) is 7.56. The number of nitrogens with one attached hydrogen (secondary N) is 2. The average Bonchev–Trinajstić information content (AvgIpc) is 3.26. The minimum atomic E-state index is -1.33. The topological polar surface area (TPSA) is 151 Å². The van der Waals surface area contributed by atoms with E-state index in [1.807, 2.05) is 0 Å². The van der Waals surface area contributed by atoms with Crippen molar-refractivity contribution in [2.24, 2.45) is 0 Å². The maximum Gasteiger partial charge on any atom is 0.408 e. The molecule has 1 saturated heterocycles. The number of aliphatic carboxylic acids is 1. The molecule has 3 N–H and O–H groups in total. The molecular weight excluding hydrogens is 486 g/mol. The zero-order valence-corrected chi connectivity index (χ0v) is 20.6. The maximum absolute atomic E-state index is 13.1. The van der Waals surface area contributed by atoms with Gasteiger partial charge in [0, 0.05) is 23.1 Å². The summed E-state index contributed by atoms with van der Waals surface area (Å²) in [5.41, 5.74) is -0.722. The Bertz CT molecular complexity index is 1030. The molecule has 3 atom stereocenters. The first kappa shape index (κ1) is 25.6. The Labute approximate surface area is 203 Å². The number of rotatable bonds is 7. The summed E-state index contributed by atoms with van der Waals surface area (Å²) in [7, 11) is 0. The van der Waals surface area contributed by atoms with Crippen LogP contribution in [0.5, 0.6) is 0 Å². The van der Waals surface area contributed by atoms with Gasteiger partial charge in [-0.1, -0.05) is 6.07 Å². The standard InChI is InChI=1S/C21H25N3O8S2/c1-10(25)31-8-11-9-34-18-14(17(27)24(18)15(11)19(28)29)22-16(26)13(12-6-5-7-33-12)23-20(30)32-21(2,3)4/h5-7,13-14,18H,8-9H2,1-4H3,(H,22,26)(H,23,30)(H,28,29)/t13?,14-,18?/m0/s1. The molecule has 0 aliphatic carbocycles. The third-order valence-corrected chi connectivity index (χ3v) is 7.03. The first-order valence-corrected chi connectivity index (χ1v) is 12.2. The third kappa shape index (κ3) is 5.70. The fourth-order valence-electron chi connectivity index (χ4n) is 3.37. The van der Waals surface area contributed by atoms with Crippen LogP contribution in [-0.2, 0) is 28.7 Å². The molecule has 13 heteroatoms. The van der Waals surface area contributed by atoms with Gasteiger partial charge in [0.05, 0.1) is 0 Å². The normalized spacial score (nSPS) is 20.6. The first-order chi connectivity index (χ1) is 15.9. The van der Waals surface area contributed by atoms with E-state index in [1.54, 1.807) is 38.3 Å². The molecule has 3 amide bonds. The molecule has 2 aliphatic heterocycles. The highest BCUT2D eigenvalue weighted by Crippen LogP contribution is 2.40. The van der Waals surface area contributed by atoms with Crippen molar-refractivity contribution in [3.05, 3.63) is 33.7 Å². The van der Waals surface area contributed by atoms with E-state index in [9.17, 15) is 29.1 Å². The van der Waals surface area contributed by atoms with Crippen LogP contribution in [0.25, 0.3) is 0 Å². The van der Waals surface area contributed by atoms with Crippen molar-refractivity contribution in [3.63, 3.8) is 0 Å². The smallest absolute Gasteiger partial charge is 0.408 e. The minimum Gasteiger partial charge on any atom is -0.477 e. The molecule has 3 rings (SSSR count). The monoisotopic (exact) mass is 511 g/mol. The summed E-state index contributed by atoms with van der Waals surface area (Å²) in [5.74, 6) is -2.92. The van der Waals surface area contributed by atoms with Gasteiger partial charge >= 0.3 is 18.0 Å². The number of carbonyl (C=O) groups excluding carboxylic acids is 4. The van der Waals surface area contributed by atoms with E-state index >= 15 is 0 Å². The number of hydrogen-bond acceptors (Lipinski definition) is 9. The maximum atomic E-state index is 13.1. The summed E-state index contributed by atoms with van der Waals surface area (Å²) < 4.78 is 10.2. The van der Waals surface area contributed by atoms with Crippen molar-refractivity contribution < 1.29 is 38.6 Å². The second-order valence-corrected chi connectivity index (χ2v) is 10.6. The fraction of sp³-hybridized carbons (Fsp3) is 0.476. The molecule has 1 aromatic heterocycles. The molecule has 184 valence electrons. The molecule has 0 spiro atoms. The zero-order chi connectivity index (χ0) is 25.2. The number of carbonyl (C=O) groups is 5. The minimum absolute atomic E-state index is 0.209. The molecule has 0 radical (unpaired) electrons. The van der Waals surface area contributed by atoms with Gasteiger partial charge in [0.1, 0.15) is 35.4 Å². The number of carboxylic acid groups (broad SMARTS) is 1. The lowest BCUT2D eigenvalue weighted by molar-refractivity contribution is -0.151. The van der Waals surface area contributed by atoms with Crippen LogP contribution in [0.3, 0.4) is 0 Å². The van der Waals surface area contributed by atoms with E-state index in [2.05, 4.69) is 10.6 Å². The number of nitrogens with zero attached hydrogens (tertiary/aromatic N) is 1. The van der Waals surface area contributed by atoms with Crippen LogP contribution in [0.4, 0.5) is 4.79 Å². The number of alkyl carbamates (subject to hydrolysis) is 1. The Hall–Kier alpha value is -3.06. The summed E-state index contributed by atoms with van der Waals surface area (Å²) in [4.78, 5) is 62.8. The number of β-lactam (4-membered cyclic amide) rings is 1. The highest BCUT2D eigenvalue weighted by molar-refractivity contribution is 8.00. The van der Waals surface area contributed by atoms with Crippen LogP contribution in [0, 0.1) is 0 Å². The highest BCUT2D eigenvalue weighted by atomic mass is 32.2. The van der Waals surface area contributed by atoms with Crippen LogP contribution in [0.2, 0.25) is 0 Å². The van der Waals surface area contributed by atoms with E-state index in [1.165, 1.54) is 30.0 Å². The Morgan fingerprint density at radius 3 is 2.56 bits per heavy atom. The Morgan fingerprint density at radius 2 is 2.00 bits per heavy atom. The van der Waals surface area contributed by atoms with E-state index in [0.717, 1.165) is 4.90 Å². The van der Waals surface area contributed by atoms with E-state index in [4.69, 9.17) is 9.47 Å². The number of hydrogen-bond donors (Lipinski definition) is 3. The van der Waals surface area contributed by atoms with Crippen molar-refractivity contribution in [3.8, 4) is 0 Å². The predicted molar refractivity (Wildman–Crippen MR) is 123 cm³/mol. The van der Waals surface area contributed by atoms with Crippen molar-refractivity contribution in [2.45, 2.75) is 50.8 Å². The summed E-state index contributed by atoms with van der Waals surface area (Å²) in [5, 5.41) is 15.9. The first-order valence-electron chi connectivity index (χ1n) is 10.3. The molecule has 3 heterocycles. The summed E-state index contributed by atoms with van der Waals surface area (Å²) >= 11 is 2.50. The quantitative estimate of drug-likeness (QED) is 0.366. The van der Waals surface area contributed by atoms with Crippen molar-refractivity contribution in [2.75, 3.05) is 12.4 Å². The molecule has 1 fully saturated rings. The average molecular weight is 512 g/mol. The van der Waals surface area contributed by atoms with Gasteiger partial charge in [-0.3, -0.25) is 19.3 Å². The van der Waals surface area contributed by atoms with Gasteiger partial charge in [-0.2, -0.15) is 0 Å². The third-order valence-electron chi connectivity index (χ3n) is 4.75. The van der Waals surface area contributed by atoms with Crippen molar-refractivity contribution >= 4 is 52.9 Å². The van der Waals surface area contributed by atoms with Gasteiger partial charge in [-0.15, -0.1) is 23.1 Å². The highest BCUT2D eigenvalue weighted by Gasteiger charge is 2.54. The SMILES string of the molecule is CC(=O)OCC1=C(C(=O)O)N2C(=O)[C@H](NC(=O)C(NC(=O)OC(C)(C)C)c3cccs3)C2SC1. The second-order valence-electron chi connectivity index (χ2n) is 8.53. The zero-order valence-electron chi connectivity index (χ0n) is 18.9. The van der Waals surface area contributed by atoms with Gasteiger partial charge in [-0.05, 0) is 32.2 Å². The van der Waals surface area contributed by atoms with Crippen molar-refractivity contribution in [1.82, 2.24) is 15.5 Å². The van der Waals surface area contributed by atoms with Gasteiger partial charge in [0.25, 0.3) is 5.91 Å². The van der Waals surface area contributed by atoms with Gasteiger partial charge < -0.3 is 25.2 Å². The predicted octanol–water partition coefficient (Wildman–Crippen LogP) is 1.62. The van der Waals surface area contributed by atoms with Gasteiger partial charge in [0.15, 0.2) is 0 Å². The van der Waals surface area contributed by atoms with E-state index in [-0.39, 0.29) is 18.1 Å². The van der Waals surface area contributed by atoms with Crippen LogP contribution in [-0.4, -0.2) is 69.2 Å². The molecule has 0 bridgehead atoms. The number of thiophene rings is 1. The summed E-state index contributed by atoms with van der Waals surface area (Å²) in [6, 6.07) is 1.31. The lowest BCUT2D eigenvalue weighted by atomic mass is 10.0. The number of ether oxygens (including phenoxy) is 2. The van der Waals surface area contributed by atoms with Gasteiger partial charge in [0.2, 0.25) is 5.91 Å². The molecule has 2 unspecified atom stereocenters. The van der Waals surface area contributed by atoms with Crippen LogP contribution in [0.1, 0.15) is 38.6 Å². The van der Waals surface area contributed by atoms with Crippen LogP contribution < -0.4 is 10.6 Å². The molecule has 0 saturated carbocycles. The lowest BCUT2D eigenvalue weighted by Gasteiger charge is -2.49. The Morgan fingerprint density at radius 1 is 1.29 bits per heavy atom. The number of carboxylic acids is 1. The number of thioether (sulfide) groups is 1. The number of fused-ring (bicyclic) bond motifs is 1. The second kappa shape index (κ2) is 10.1. The molecule has 34 heavy (non-hydrogen) atoms. The molecule has 2 aliphatic rings. The fourth-order valence-corrected chi connectivity index (χ4v) is 5.47. The summed E-state index contributed by atoms with van der Waals surface area (Å²) in [6.45, 7) is 6.04. The largest absolute Gasteiger partial charge is 0.477 e. The number of esters is 1. The molecular formula is C21H25N3O8S2. The van der Waals surface area contributed by atoms with Crippen LogP contribution >= 0.6 is 23.1 Å². The van der Waals surface area contributed by atoms with Crippen LogP contribution in [0.15, 0.2) is 28.8 Å².